The van der Waals surface area contributed by atoms with Crippen molar-refractivity contribution in [3.8, 4) is 5.88 Å². The lowest BCUT2D eigenvalue weighted by Gasteiger charge is -2.13. The zero-order valence-electron chi connectivity index (χ0n) is 12.5. The molecule has 0 atom stereocenters. The lowest BCUT2D eigenvalue weighted by atomic mass is 10.2. The van der Waals surface area contributed by atoms with E-state index in [4.69, 9.17) is 9.47 Å². The van der Waals surface area contributed by atoms with Gasteiger partial charge in [0.25, 0.3) is 0 Å². The van der Waals surface area contributed by atoms with Gasteiger partial charge in [-0.1, -0.05) is 19.4 Å². The van der Waals surface area contributed by atoms with Crippen LogP contribution in [0.25, 0.3) is 0 Å². The molecule has 0 aliphatic heterocycles. The summed E-state index contributed by atoms with van der Waals surface area (Å²) in [6, 6.07) is 3.78. The van der Waals surface area contributed by atoms with Gasteiger partial charge in [0, 0.05) is 18.3 Å². The van der Waals surface area contributed by atoms with Crippen LogP contribution >= 0.6 is 0 Å². The fraction of sp³-hybridized carbons (Fsp3) is 0.600. The number of ether oxygens (including phenoxy) is 2. The van der Waals surface area contributed by atoms with E-state index < -0.39 is 0 Å². The number of hydrogen-bond donors (Lipinski definition) is 1. The molecule has 1 aromatic rings. The van der Waals surface area contributed by atoms with Crippen molar-refractivity contribution < 1.29 is 14.3 Å². The molecular formula is C15H24N2O3. The number of nitrogens with zero attached hydrogens (tertiary/aromatic N) is 1. The van der Waals surface area contributed by atoms with Crippen molar-refractivity contribution in [1.82, 2.24) is 10.3 Å². The van der Waals surface area contributed by atoms with E-state index >= 15 is 0 Å². The molecular weight excluding hydrogens is 256 g/mol. The summed E-state index contributed by atoms with van der Waals surface area (Å²) in [6.45, 7) is 7.18. The van der Waals surface area contributed by atoms with Crippen LogP contribution in [0.4, 0.5) is 0 Å². The minimum atomic E-state index is -0.228. The van der Waals surface area contributed by atoms with E-state index in [1.165, 1.54) is 0 Å². The Bertz CT molecular complexity index is 408. The third-order valence-electron chi connectivity index (χ3n) is 2.54. The normalized spacial score (nSPS) is 10.6. The van der Waals surface area contributed by atoms with Crippen molar-refractivity contribution in [3.05, 3.63) is 23.9 Å². The van der Waals surface area contributed by atoms with Gasteiger partial charge < -0.3 is 14.8 Å². The van der Waals surface area contributed by atoms with E-state index in [1.54, 1.807) is 6.20 Å². The van der Waals surface area contributed by atoms with Crippen molar-refractivity contribution in [1.29, 1.82) is 0 Å². The van der Waals surface area contributed by atoms with E-state index in [0.717, 1.165) is 18.4 Å². The Morgan fingerprint density at radius 3 is 2.95 bits per heavy atom. The monoisotopic (exact) mass is 280 g/mol. The molecule has 5 nitrogen and oxygen atoms in total. The zero-order valence-corrected chi connectivity index (χ0v) is 12.5. The Balaban J connectivity index is 2.36. The highest BCUT2D eigenvalue weighted by Crippen LogP contribution is 2.15. The van der Waals surface area contributed by atoms with Gasteiger partial charge >= 0.3 is 5.97 Å². The van der Waals surface area contributed by atoms with Gasteiger partial charge in [-0.15, -0.1) is 0 Å². The summed E-state index contributed by atoms with van der Waals surface area (Å²) >= 11 is 0. The molecule has 0 unspecified atom stereocenters. The third-order valence-corrected chi connectivity index (χ3v) is 2.54. The largest absolute Gasteiger partial charge is 0.475 e. The number of esters is 1. The number of aromatic nitrogens is 1. The molecule has 0 fully saturated rings. The molecule has 0 saturated heterocycles. The standard InChI is InChI=1S/C15H24N2O3/c1-4-5-9-19-14(18)11-16-10-13-7-6-8-17-15(13)20-12(2)3/h6-8,12,16H,4-5,9-11H2,1-3H3. The minimum Gasteiger partial charge on any atom is -0.475 e. The molecule has 0 amide bonds. The van der Waals surface area contributed by atoms with E-state index in [9.17, 15) is 4.79 Å². The highest BCUT2D eigenvalue weighted by molar-refractivity contribution is 5.71. The predicted octanol–water partition coefficient (Wildman–Crippen LogP) is 2.30. The first-order valence-electron chi connectivity index (χ1n) is 7.10. The van der Waals surface area contributed by atoms with Gasteiger partial charge in [0.15, 0.2) is 0 Å². The second kappa shape index (κ2) is 9.31. The lowest BCUT2D eigenvalue weighted by molar-refractivity contribution is -0.142. The van der Waals surface area contributed by atoms with Crippen molar-refractivity contribution in [3.63, 3.8) is 0 Å². The molecule has 0 bridgehead atoms. The Hall–Kier alpha value is -1.62. The average molecular weight is 280 g/mol. The number of unbranched alkanes of at least 4 members (excludes halogenated alkanes) is 1. The fourth-order valence-electron chi connectivity index (χ4n) is 1.57. The van der Waals surface area contributed by atoms with Crippen LogP contribution in [0.15, 0.2) is 18.3 Å². The summed E-state index contributed by atoms with van der Waals surface area (Å²) in [6.07, 6.45) is 3.69. The number of carbonyl (C=O) groups is 1. The van der Waals surface area contributed by atoms with Crippen LogP contribution in [0, 0.1) is 0 Å². The summed E-state index contributed by atoms with van der Waals surface area (Å²) in [4.78, 5) is 15.6. The highest BCUT2D eigenvalue weighted by atomic mass is 16.5. The highest BCUT2D eigenvalue weighted by Gasteiger charge is 2.07. The van der Waals surface area contributed by atoms with Gasteiger partial charge in [0.05, 0.1) is 19.3 Å². The number of pyridine rings is 1. The lowest BCUT2D eigenvalue weighted by Crippen LogP contribution is -2.25. The summed E-state index contributed by atoms with van der Waals surface area (Å²) in [5.74, 6) is 0.378. The quantitative estimate of drug-likeness (QED) is 0.555. The van der Waals surface area contributed by atoms with Crippen LogP contribution in [0.5, 0.6) is 5.88 Å². The number of rotatable bonds is 9. The maximum atomic E-state index is 11.4. The van der Waals surface area contributed by atoms with Crippen molar-refractivity contribution in [2.24, 2.45) is 0 Å². The molecule has 0 radical (unpaired) electrons. The SMILES string of the molecule is CCCCOC(=O)CNCc1cccnc1OC(C)C. The van der Waals surface area contributed by atoms with Crippen LogP contribution in [-0.2, 0) is 16.1 Å². The molecule has 0 saturated carbocycles. The second-order valence-electron chi connectivity index (χ2n) is 4.81. The van der Waals surface area contributed by atoms with Gasteiger partial charge in [0.1, 0.15) is 0 Å². The van der Waals surface area contributed by atoms with Crippen molar-refractivity contribution in [2.45, 2.75) is 46.3 Å². The van der Waals surface area contributed by atoms with Gasteiger partial charge in [-0.25, -0.2) is 4.98 Å². The molecule has 1 N–H and O–H groups in total. The van der Waals surface area contributed by atoms with E-state index in [0.29, 0.717) is 19.0 Å². The van der Waals surface area contributed by atoms with Gasteiger partial charge in [-0.2, -0.15) is 0 Å². The molecule has 1 aromatic heterocycles. The van der Waals surface area contributed by atoms with E-state index in [-0.39, 0.29) is 18.6 Å². The zero-order chi connectivity index (χ0) is 14.8. The molecule has 20 heavy (non-hydrogen) atoms. The first-order valence-corrected chi connectivity index (χ1v) is 7.10. The minimum absolute atomic E-state index is 0.0719. The van der Waals surface area contributed by atoms with Crippen LogP contribution in [-0.4, -0.2) is 30.2 Å². The topological polar surface area (TPSA) is 60.5 Å². The maximum absolute atomic E-state index is 11.4. The Morgan fingerprint density at radius 2 is 2.25 bits per heavy atom. The third kappa shape index (κ3) is 6.52. The van der Waals surface area contributed by atoms with Gasteiger partial charge in [-0.3, -0.25) is 4.79 Å². The summed E-state index contributed by atoms with van der Waals surface area (Å²) in [5.41, 5.74) is 0.933. The molecule has 5 heteroatoms. The van der Waals surface area contributed by atoms with Crippen LogP contribution in [0.3, 0.4) is 0 Å². The molecule has 0 spiro atoms. The Labute approximate surface area is 120 Å². The van der Waals surface area contributed by atoms with Crippen LogP contribution in [0.2, 0.25) is 0 Å². The molecule has 0 aromatic carbocycles. The first-order chi connectivity index (χ1) is 9.63. The smallest absolute Gasteiger partial charge is 0.319 e. The first kappa shape index (κ1) is 16.4. The number of nitrogens with one attached hydrogen (secondary N) is 1. The second-order valence-corrected chi connectivity index (χ2v) is 4.81. The Kier molecular flexibility index (Phi) is 7.65. The molecule has 0 aliphatic carbocycles. The molecule has 1 rings (SSSR count). The Morgan fingerprint density at radius 1 is 1.45 bits per heavy atom. The fourth-order valence-corrected chi connectivity index (χ4v) is 1.57. The summed E-state index contributed by atoms with van der Waals surface area (Å²) < 4.78 is 10.7. The predicted molar refractivity (Wildman–Crippen MR) is 77.6 cm³/mol. The average Bonchev–Trinajstić information content (AvgIpc) is 2.40. The molecule has 112 valence electrons. The number of carbonyl (C=O) groups excluding carboxylic acids is 1. The van der Waals surface area contributed by atoms with E-state index in [2.05, 4.69) is 17.2 Å². The van der Waals surface area contributed by atoms with Crippen molar-refractivity contribution in [2.75, 3.05) is 13.2 Å². The molecule has 0 aliphatic rings. The maximum Gasteiger partial charge on any atom is 0.319 e. The summed E-state index contributed by atoms with van der Waals surface area (Å²) in [7, 11) is 0. The van der Waals surface area contributed by atoms with Crippen molar-refractivity contribution >= 4 is 5.97 Å². The van der Waals surface area contributed by atoms with E-state index in [1.807, 2.05) is 26.0 Å². The van der Waals surface area contributed by atoms with Crippen LogP contribution in [0.1, 0.15) is 39.2 Å². The summed E-state index contributed by atoms with van der Waals surface area (Å²) in [5, 5.41) is 3.05. The van der Waals surface area contributed by atoms with Gasteiger partial charge in [0.2, 0.25) is 5.88 Å². The van der Waals surface area contributed by atoms with Gasteiger partial charge in [-0.05, 0) is 26.3 Å². The molecule has 1 heterocycles. The number of hydrogen-bond acceptors (Lipinski definition) is 5. The van der Waals surface area contributed by atoms with Crippen LogP contribution < -0.4 is 10.1 Å².